The highest BCUT2D eigenvalue weighted by Gasteiger charge is 2.53. The van der Waals surface area contributed by atoms with Gasteiger partial charge in [0.2, 0.25) is 0 Å². The van der Waals surface area contributed by atoms with Gasteiger partial charge in [-0.1, -0.05) is 94.0 Å². The Labute approximate surface area is 312 Å². The first kappa shape index (κ1) is 40.1. The Kier molecular flexibility index (Phi) is 13.6. The molecule has 0 aliphatic carbocycles. The Bertz CT molecular complexity index is 1960. The Morgan fingerprint density at radius 3 is 2.43 bits per heavy atom. The van der Waals surface area contributed by atoms with Crippen molar-refractivity contribution in [3.05, 3.63) is 78.6 Å². The number of fused-ring (bicyclic) bond motifs is 1. The maximum atomic E-state index is 14.6. The number of halogens is 1. The molecule has 2 aromatic carbocycles. The Morgan fingerprint density at radius 2 is 1.80 bits per heavy atom. The number of hydrogen-bond acceptors (Lipinski definition) is 12. The largest absolute Gasteiger partial charge is 0.508 e. The number of hydrogen-bond donors (Lipinski definition) is 3. The van der Waals surface area contributed by atoms with E-state index in [-0.39, 0.29) is 35.6 Å². The Hall–Kier alpha value is -5.07. The van der Waals surface area contributed by atoms with Crippen LogP contribution in [0.5, 0.6) is 5.75 Å². The first-order chi connectivity index (χ1) is 26.0. The molecule has 5 atom stereocenters. The molecule has 1 saturated heterocycles. The number of imidazole rings is 1. The van der Waals surface area contributed by atoms with Crippen LogP contribution in [0.15, 0.2) is 67.0 Å². The molecule has 54 heavy (non-hydrogen) atoms. The summed E-state index contributed by atoms with van der Waals surface area (Å²) >= 11 is 0. The molecule has 4 aromatic rings. The minimum absolute atomic E-state index is 0.0239. The summed E-state index contributed by atoms with van der Waals surface area (Å²) in [6.07, 6.45) is 6.99. The number of ether oxygens (including phenoxy) is 3. The van der Waals surface area contributed by atoms with Crippen molar-refractivity contribution in [2.45, 2.75) is 95.3 Å². The van der Waals surface area contributed by atoms with Crippen LogP contribution >= 0.6 is 7.75 Å². The van der Waals surface area contributed by atoms with Gasteiger partial charge >= 0.3 is 25.9 Å². The summed E-state index contributed by atoms with van der Waals surface area (Å²) in [5.41, 5.74) is 4.61. The van der Waals surface area contributed by atoms with Gasteiger partial charge in [0.15, 0.2) is 28.7 Å². The Morgan fingerprint density at radius 1 is 1.13 bits per heavy atom. The molecule has 1 aliphatic rings. The van der Waals surface area contributed by atoms with Gasteiger partial charge < -0.3 is 29.6 Å². The van der Waals surface area contributed by atoms with E-state index in [0.717, 1.165) is 25.7 Å². The van der Waals surface area contributed by atoms with E-state index < -0.39 is 62.6 Å². The lowest BCUT2D eigenvalue weighted by Crippen LogP contribution is -2.46. The number of nitrogens with two attached hydrogens (primary N) is 1. The minimum atomic E-state index is -4.62. The molecule has 0 amide bonds. The number of aliphatic carboxylic acids is 1. The van der Waals surface area contributed by atoms with E-state index in [1.54, 1.807) is 48.5 Å². The molecule has 0 spiro atoms. The van der Waals surface area contributed by atoms with Crippen LogP contribution in [0, 0.1) is 18.4 Å². The van der Waals surface area contributed by atoms with Gasteiger partial charge in [-0.15, -0.1) is 6.42 Å². The number of anilines is 1. The minimum Gasteiger partial charge on any atom is -0.480 e. The van der Waals surface area contributed by atoms with E-state index in [0.29, 0.717) is 18.4 Å². The molecule has 2 aromatic heterocycles. The number of carbonyl (C=O) groups is 2. The van der Waals surface area contributed by atoms with Gasteiger partial charge in [0, 0.05) is 6.42 Å². The van der Waals surface area contributed by atoms with E-state index in [9.17, 15) is 23.7 Å². The zero-order valence-electron chi connectivity index (χ0n) is 30.0. The lowest BCUT2D eigenvalue weighted by Gasteiger charge is -2.31. The van der Waals surface area contributed by atoms with Crippen LogP contribution in [-0.4, -0.2) is 67.2 Å². The van der Waals surface area contributed by atoms with Gasteiger partial charge in [-0.2, -0.15) is 19.4 Å². The predicted molar refractivity (Wildman–Crippen MR) is 196 cm³/mol. The van der Waals surface area contributed by atoms with Gasteiger partial charge in [-0.3, -0.25) is 13.9 Å². The van der Waals surface area contributed by atoms with Crippen molar-refractivity contribution in [1.82, 2.24) is 24.6 Å². The van der Waals surface area contributed by atoms with Crippen LogP contribution in [-0.2, 0) is 34.5 Å². The predicted octanol–water partition coefficient (Wildman–Crippen LogP) is 6.60. The lowest BCUT2D eigenvalue weighted by atomic mass is 9.99. The van der Waals surface area contributed by atoms with Crippen molar-refractivity contribution < 1.29 is 46.9 Å². The van der Waals surface area contributed by atoms with Crippen molar-refractivity contribution in [2.24, 2.45) is 0 Å². The molecular weight excluding hydrogens is 722 g/mol. The zero-order valence-corrected chi connectivity index (χ0v) is 30.9. The topological polar surface area (TPSA) is 199 Å². The summed E-state index contributed by atoms with van der Waals surface area (Å²) in [4.78, 5) is 37.4. The number of nitrogens with zero attached hydrogens (tertiary/aromatic N) is 4. The van der Waals surface area contributed by atoms with Gasteiger partial charge in [-0.25, -0.2) is 14.3 Å². The summed E-state index contributed by atoms with van der Waals surface area (Å²) in [6.45, 7) is 3.33. The number of terminal acetylenes is 1. The third kappa shape index (κ3) is 10.1. The van der Waals surface area contributed by atoms with Crippen molar-refractivity contribution in [3.8, 4) is 18.1 Å². The number of carbonyl (C=O) groups excluding carboxylic acids is 1. The number of nitrogens with one attached hydrogen (secondary N) is 1. The van der Waals surface area contributed by atoms with E-state index in [2.05, 4.69) is 26.0 Å². The summed E-state index contributed by atoms with van der Waals surface area (Å²) in [5.74, 6) is 1.07. The molecule has 1 fully saturated rings. The zero-order chi connectivity index (χ0) is 38.7. The summed E-state index contributed by atoms with van der Waals surface area (Å²) in [7, 11) is -4.62. The van der Waals surface area contributed by atoms with Gasteiger partial charge in [-0.05, 0) is 37.0 Å². The number of nitrogen functional groups attached to an aromatic ring is 1. The third-order valence-corrected chi connectivity index (χ3v) is 10.4. The van der Waals surface area contributed by atoms with Crippen molar-refractivity contribution >= 4 is 36.9 Å². The maximum absolute atomic E-state index is 14.6. The smallest absolute Gasteiger partial charge is 0.480 e. The van der Waals surface area contributed by atoms with Crippen LogP contribution in [0.1, 0.15) is 70.6 Å². The fourth-order valence-electron chi connectivity index (χ4n) is 6.00. The average molecular weight is 767 g/mol. The molecule has 0 unspecified atom stereocenters. The second-order valence-electron chi connectivity index (χ2n) is 12.8. The fraction of sp³-hybridized carbons (Fsp3) is 0.432. The first-order valence-electron chi connectivity index (χ1n) is 17.7. The van der Waals surface area contributed by atoms with Crippen LogP contribution < -0.4 is 15.3 Å². The highest BCUT2D eigenvalue weighted by Crippen LogP contribution is 2.48. The number of carboxylic acids is 1. The summed E-state index contributed by atoms with van der Waals surface area (Å²) < 4.78 is 60.0. The van der Waals surface area contributed by atoms with Gasteiger partial charge in [0.25, 0.3) is 0 Å². The second kappa shape index (κ2) is 18.3. The van der Waals surface area contributed by atoms with Crippen molar-refractivity contribution in [3.63, 3.8) is 0 Å². The molecule has 3 heterocycles. The number of benzene rings is 2. The van der Waals surface area contributed by atoms with Crippen molar-refractivity contribution in [2.75, 3.05) is 12.3 Å². The van der Waals surface area contributed by atoms with Crippen LogP contribution in [0.25, 0.3) is 11.2 Å². The first-order valence-corrected chi connectivity index (χ1v) is 19.2. The second-order valence-corrected chi connectivity index (χ2v) is 14.5. The van der Waals surface area contributed by atoms with E-state index in [4.69, 9.17) is 35.4 Å². The molecular formula is C37H44FN6O9P. The molecule has 15 nitrogen and oxygen atoms in total. The van der Waals surface area contributed by atoms with E-state index in [1.807, 2.05) is 13.8 Å². The molecule has 288 valence electrons. The average Bonchev–Trinajstić information content (AvgIpc) is 3.74. The van der Waals surface area contributed by atoms with Crippen molar-refractivity contribution in [1.29, 1.82) is 0 Å². The highest BCUT2D eigenvalue weighted by molar-refractivity contribution is 7.52. The van der Waals surface area contributed by atoms with Crippen LogP contribution in [0.3, 0.4) is 0 Å². The molecule has 17 heteroatoms. The van der Waals surface area contributed by atoms with Gasteiger partial charge in [0.1, 0.15) is 30.7 Å². The van der Waals surface area contributed by atoms with E-state index in [1.165, 1.54) is 23.0 Å². The number of carboxylic acid groups (broad SMARTS) is 1. The lowest BCUT2D eigenvalue weighted by molar-refractivity contribution is -0.139. The molecule has 1 aliphatic heterocycles. The number of rotatable bonds is 19. The van der Waals surface area contributed by atoms with E-state index >= 15 is 0 Å². The molecule has 0 radical (unpaired) electrons. The number of aromatic nitrogens is 4. The fourth-order valence-corrected chi connectivity index (χ4v) is 7.52. The van der Waals surface area contributed by atoms with Gasteiger partial charge in [0.05, 0.1) is 6.33 Å². The Balaban J connectivity index is 1.47. The third-order valence-electron chi connectivity index (χ3n) is 8.83. The standard InChI is InChI=1S/C37H44FN6O9P/c1-4-7-17-26(18-8-5-2)50-36(47)51-29-22-30(44-24-40-31-32(39)41-35(38)42-33(31)44)52-37(29,6-3)23-49-54(48,53-27-19-13-10-14-20-27)43-28(34(45)46)21-25-15-11-9-12-16-25/h3,9-16,19-20,24,26,28-30H,4-5,7-8,17-18,21-23H2,1-2H3,(H,43,48)(H,45,46)(H2,39,41,42)/t28-,29-,30+,37+,54-/m0/s1. The maximum Gasteiger partial charge on any atom is 0.508 e. The molecule has 5 rings (SSSR count). The number of unbranched alkanes of at least 4 members (excludes halogenated alkanes) is 2. The van der Waals surface area contributed by atoms with Crippen LogP contribution in [0.2, 0.25) is 0 Å². The normalized spacial score (nSPS) is 19.9. The quantitative estimate of drug-likeness (QED) is 0.0399. The SMILES string of the molecule is C#C[C@]1(CO[P@@](=O)(N[C@@H](Cc2ccccc2)C(=O)O)Oc2ccccc2)O[C@@H](n2cnc3c(N)nc(F)nc32)C[C@@H]1OC(=O)OC(CCCC)CCCC. The summed E-state index contributed by atoms with van der Waals surface area (Å²) in [6, 6.07) is 15.3. The monoisotopic (exact) mass is 766 g/mol. The molecule has 0 bridgehead atoms. The molecule has 0 saturated carbocycles. The number of para-hydroxylation sites is 1. The highest BCUT2D eigenvalue weighted by atomic mass is 31.2. The van der Waals surface area contributed by atoms with Crippen LogP contribution in [0.4, 0.5) is 15.0 Å². The summed E-state index contributed by atoms with van der Waals surface area (Å²) in [5, 5.41) is 12.7. The molecule has 4 N–H and O–H groups in total.